The number of rotatable bonds is 7. The van der Waals surface area contributed by atoms with Crippen LogP contribution in [0.1, 0.15) is 38.2 Å². The fourth-order valence-electron chi connectivity index (χ4n) is 4.03. The monoisotopic (exact) mass is 403 g/mol. The van der Waals surface area contributed by atoms with Crippen LogP contribution in [0.25, 0.3) is 0 Å². The fourth-order valence-corrected chi connectivity index (χ4v) is 4.93. The summed E-state index contributed by atoms with van der Waals surface area (Å²) in [5.41, 5.74) is 2.64. The predicted octanol–water partition coefficient (Wildman–Crippen LogP) is 3.17. The summed E-state index contributed by atoms with van der Waals surface area (Å²) in [7, 11) is 1.85. The minimum absolute atomic E-state index is 0.748. The Morgan fingerprint density at radius 2 is 1.89 bits per heavy atom. The minimum Gasteiger partial charge on any atom is -0.370 e. The molecule has 3 rings (SSSR count). The molecule has 0 spiro atoms. The second-order valence-electron chi connectivity index (χ2n) is 7.85. The lowest BCUT2D eigenvalue weighted by molar-refractivity contribution is 0.159. The number of hydrogen-bond donors (Lipinski definition) is 2. The van der Waals surface area contributed by atoms with Crippen molar-refractivity contribution in [3.8, 4) is 0 Å². The zero-order chi connectivity index (χ0) is 19.6. The Bertz CT molecular complexity index is 597. The average Bonchev–Trinajstić information content (AvgIpc) is 2.75. The molecule has 5 nitrogen and oxygen atoms in total. The summed E-state index contributed by atoms with van der Waals surface area (Å²) in [5.74, 6) is 3.37. The van der Waals surface area contributed by atoms with Gasteiger partial charge in [-0.1, -0.05) is 18.6 Å². The summed E-state index contributed by atoms with van der Waals surface area (Å²) in [5, 5.41) is 6.90. The number of guanidine groups is 1. The van der Waals surface area contributed by atoms with Crippen LogP contribution >= 0.6 is 11.8 Å². The number of benzene rings is 1. The van der Waals surface area contributed by atoms with Gasteiger partial charge in [-0.2, -0.15) is 11.8 Å². The summed E-state index contributed by atoms with van der Waals surface area (Å²) in [6, 6.07) is 9.72. The van der Waals surface area contributed by atoms with Crippen LogP contribution in [0.2, 0.25) is 0 Å². The molecule has 2 aliphatic rings. The lowest BCUT2D eigenvalue weighted by atomic mass is 10.0. The van der Waals surface area contributed by atoms with Gasteiger partial charge in [0.15, 0.2) is 5.96 Å². The van der Waals surface area contributed by atoms with Crippen molar-refractivity contribution in [2.24, 2.45) is 4.99 Å². The quantitative estimate of drug-likeness (QED) is 0.416. The van der Waals surface area contributed by atoms with Gasteiger partial charge in [0.2, 0.25) is 0 Å². The molecule has 0 saturated carbocycles. The lowest BCUT2D eigenvalue weighted by Crippen LogP contribution is -2.41. The molecule has 28 heavy (non-hydrogen) atoms. The zero-order valence-corrected chi connectivity index (χ0v) is 18.4. The summed E-state index contributed by atoms with van der Waals surface area (Å²) < 4.78 is 0. The molecule has 0 aliphatic carbocycles. The third-order valence-electron chi connectivity index (χ3n) is 5.85. The Morgan fingerprint density at radius 3 is 2.61 bits per heavy atom. The molecule has 2 N–H and O–H groups in total. The van der Waals surface area contributed by atoms with Crippen LogP contribution in [-0.4, -0.2) is 68.2 Å². The summed E-state index contributed by atoms with van der Waals surface area (Å²) in [6.07, 6.45) is 5.26. The highest BCUT2D eigenvalue weighted by Crippen LogP contribution is 2.20. The van der Waals surface area contributed by atoms with Gasteiger partial charge in [-0.15, -0.1) is 0 Å². The normalized spacial score (nSPS) is 21.6. The molecule has 1 atom stereocenters. The van der Waals surface area contributed by atoms with Crippen molar-refractivity contribution in [2.75, 3.05) is 56.2 Å². The van der Waals surface area contributed by atoms with Gasteiger partial charge in [-0.3, -0.25) is 4.99 Å². The van der Waals surface area contributed by atoms with E-state index in [9.17, 15) is 0 Å². The van der Waals surface area contributed by atoms with E-state index in [1.54, 1.807) is 0 Å². The predicted molar refractivity (Wildman–Crippen MR) is 124 cm³/mol. The maximum absolute atomic E-state index is 4.36. The molecule has 2 saturated heterocycles. The van der Waals surface area contributed by atoms with Crippen LogP contribution in [0.3, 0.4) is 0 Å². The molecule has 156 valence electrons. The van der Waals surface area contributed by atoms with E-state index in [0.717, 1.165) is 44.6 Å². The first kappa shape index (κ1) is 21.3. The topological polar surface area (TPSA) is 42.9 Å². The Kier molecular flexibility index (Phi) is 8.80. The van der Waals surface area contributed by atoms with Gasteiger partial charge in [-0.05, 0) is 50.4 Å². The molecule has 2 aliphatic heterocycles. The molecule has 0 bridgehead atoms. The molecule has 6 heteroatoms. The SMILES string of the molecule is CN=C(NCCCN1CCCCC1C)NCc1ccc(N2CCSCC2)cc1. The van der Waals surface area contributed by atoms with E-state index in [-0.39, 0.29) is 0 Å². The van der Waals surface area contributed by atoms with Crippen molar-refractivity contribution in [2.45, 2.75) is 45.2 Å². The second kappa shape index (κ2) is 11.6. The maximum Gasteiger partial charge on any atom is 0.191 e. The van der Waals surface area contributed by atoms with Gasteiger partial charge in [0.05, 0.1) is 0 Å². The largest absolute Gasteiger partial charge is 0.370 e. The number of likely N-dealkylation sites (tertiary alicyclic amines) is 1. The molecule has 2 heterocycles. The number of nitrogens with zero attached hydrogens (tertiary/aromatic N) is 3. The first-order valence-electron chi connectivity index (χ1n) is 10.9. The number of piperidine rings is 1. The third kappa shape index (κ3) is 6.59. The summed E-state index contributed by atoms with van der Waals surface area (Å²) in [6.45, 7) is 8.91. The minimum atomic E-state index is 0.748. The van der Waals surface area contributed by atoms with Gasteiger partial charge in [0, 0.05) is 63.0 Å². The van der Waals surface area contributed by atoms with Crippen LogP contribution in [-0.2, 0) is 6.54 Å². The van der Waals surface area contributed by atoms with E-state index in [1.807, 2.05) is 7.05 Å². The lowest BCUT2D eigenvalue weighted by Gasteiger charge is -2.33. The van der Waals surface area contributed by atoms with Crippen molar-refractivity contribution in [3.63, 3.8) is 0 Å². The molecular weight excluding hydrogens is 366 g/mol. The van der Waals surface area contributed by atoms with Crippen molar-refractivity contribution in [1.29, 1.82) is 0 Å². The number of nitrogens with one attached hydrogen (secondary N) is 2. The Balaban J connectivity index is 1.35. The summed E-state index contributed by atoms with van der Waals surface area (Å²) >= 11 is 2.05. The summed E-state index contributed by atoms with van der Waals surface area (Å²) in [4.78, 5) is 9.48. The molecule has 2 fully saturated rings. The Morgan fingerprint density at radius 1 is 1.11 bits per heavy atom. The van der Waals surface area contributed by atoms with Gasteiger partial charge < -0.3 is 20.4 Å². The Hall–Kier alpha value is -1.40. The van der Waals surface area contributed by atoms with Crippen LogP contribution in [0, 0.1) is 0 Å². The van der Waals surface area contributed by atoms with E-state index in [1.165, 1.54) is 55.1 Å². The van der Waals surface area contributed by atoms with Crippen LogP contribution in [0.15, 0.2) is 29.3 Å². The van der Waals surface area contributed by atoms with Gasteiger partial charge in [0.25, 0.3) is 0 Å². The van der Waals surface area contributed by atoms with Crippen LogP contribution < -0.4 is 15.5 Å². The van der Waals surface area contributed by atoms with E-state index >= 15 is 0 Å². The average molecular weight is 404 g/mol. The van der Waals surface area contributed by atoms with Gasteiger partial charge in [-0.25, -0.2) is 0 Å². The molecule has 1 aromatic carbocycles. The molecule has 1 aromatic rings. The maximum atomic E-state index is 4.36. The van der Waals surface area contributed by atoms with E-state index in [2.05, 4.69) is 68.4 Å². The van der Waals surface area contributed by atoms with Crippen LogP contribution in [0.5, 0.6) is 0 Å². The highest BCUT2D eigenvalue weighted by atomic mass is 32.2. The van der Waals surface area contributed by atoms with E-state index in [4.69, 9.17) is 0 Å². The highest BCUT2D eigenvalue weighted by molar-refractivity contribution is 7.99. The number of aliphatic imine (C=N–C) groups is 1. The molecule has 0 aromatic heterocycles. The fraction of sp³-hybridized carbons (Fsp3) is 0.682. The standard InChI is InChI=1S/C22H37N5S/c1-19-6-3-4-12-26(19)13-5-11-24-22(23-2)25-18-20-7-9-21(10-8-20)27-14-16-28-17-15-27/h7-10,19H,3-6,11-18H2,1-2H3,(H2,23,24,25). The number of hydrogen-bond acceptors (Lipinski definition) is 4. The van der Waals surface area contributed by atoms with E-state index in [0.29, 0.717) is 0 Å². The van der Waals surface area contributed by atoms with Crippen molar-refractivity contribution < 1.29 is 0 Å². The Labute approximate surface area is 175 Å². The second-order valence-corrected chi connectivity index (χ2v) is 9.08. The first-order chi connectivity index (χ1) is 13.8. The number of anilines is 1. The smallest absolute Gasteiger partial charge is 0.191 e. The van der Waals surface area contributed by atoms with Crippen molar-refractivity contribution in [1.82, 2.24) is 15.5 Å². The molecule has 1 unspecified atom stereocenters. The molecule has 0 radical (unpaired) electrons. The van der Waals surface area contributed by atoms with Crippen LogP contribution in [0.4, 0.5) is 5.69 Å². The number of thioether (sulfide) groups is 1. The van der Waals surface area contributed by atoms with Crippen molar-refractivity contribution >= 4 is 23.4 Å². The third-order valence-corrected chi connectivity index (χ3v) is 6.79. The van der Waals surface area contributed by atoms with Gasteiger partial charge >= 0.3 is 0 Å². The molecular formula is C22H37N5S. The van der Waals surface area contributed by atoms with E-state index < -0.39 is 0 Å². The van der Waals surface area contributed by atoms with Crippen molar-refractivity contribution in [3.05, 3.63) is 29.8 Å². The molecule has 0 amide bonds. The zero-order valence-electron chi connectivity index (χ0n) is 17.6. The highest BCUT2D eigenvalue weighted by Gasteiger charge is 2.17. The first-order valence-corrected chi connectivity index (χ1v) is 12.0. The van der Waals surface area contributed by atoms with Gasteiger partial charge in [0.1, 0.15) is 0 Å².